The van der Waals surface area contributed by atoms with Crippen molar-refractivity contribution in [3.63, 3.8) is 0 Å². The monoisotopic (exact) mass is 343 g/mol. The van der Waals surface area contributed by atoms with Gasteiger partial charge in [-0.1, -0.05) is 13.8 Å². The molecule has 1 atom stereocenters. The predicted molar refractivity (Wildman–Crippen MR) is 88.3 cm³/mol. The maximum atomic E-state index is 12.8. The van der Waals surface area contributed by atoms with Crippen molar-refractivity contribution in [2.75, 3.05) is 13.1 Å². The molecule has 1 saturated heterocycles. The number of rotatable bonds is 2. The van der Waals surface area contributed by atoms with Gasteiger partial charge < -0.3 is 5.73 Å². The van der Waals surface area contributed by atoms with E-state index in [1.165, 1.54) is 10.4 Å². The van der Waals surface area contributed by atoms with Crippen LogP contribution >= 0.6 is 12.4 Å². The highest BCUT2D eigenvalue weighted by atomic mass is 35.5. The molecule has 7 heteroatoms. The molecule has 0 amide bonds. The summed E-state index contributed by atoms with van der Waals surface area (Å²) in [5.41, 5.74) is 6.89. The summed E-state index contributed by atoms with van der Waals surface area (Å²) >= 11 is 0. The van der Waals surface area contributed by atoms with Crippen LogP contribution in [-0.2, 0) is 10.0 Å². The molecule has 0 aromatic heterocycles. The first-order valence-electron chi connectivity index (χ1n) is 6.95. The lowest BCUT2D eigenvalue weighted by Crippen LogP contribution is -2.53. The molecule has 1 heterocycles. The van der Waals surface area contributed by atoms with Crippen molar-refractivity contribution in [3.05, 3.63) is 29.3 Å². The van der Waals surface area contributed by atoms with Crippen molar-refractivity contribution in [2.45, 2.75) is 38.1 Å². The van der Waals surface area contributed by atoms with E-state index in [1.54, 1.807) is 19.1 Å². The van der Waals surface area contributed by atoms with Gasteiger partial charge in [-0.25, -0.2) is 8.42 Å². The zero-order valence-electron chi connectivity index (χ0n) is 13.0. The van der Waals surface area contributed by atoms with Crippen LogP contribution in [-0.4, -0.2) is 31.9 Å². The summed E-state index contributed by atoms with van der Waals surface area (Å²) < 4.78 is 27.1. The van der Waals surface area contributed by atoms with Crippen LogP contribution in [0.25, 0.3) is 0 Å². The molecule has 0 bridgehead atoms. The summed E-state index contributed by atoms with van der Waals surface area (Å²) in [6.07, 6.45) is 0.654. The molecule has 5 nitrogen and oxygen atoms in total. The summed E-state index contributed by atoms with van der Waals surface area (Å²) in [5.74, 6) is 0. The van der Waals surface area contributed by atoms with Crippen molar-refractivity contribution >= 4 is 22.4 Å². The Balaban J connectivity index is 0.00000242. The third-order valence-corrected chi connectivity index (χ3v) is 6.20. The Morgan fingerprint density at radius 1 is 1.41 bits per heavy atom. The molecule has 1 fully saturated rings. The number of piperidine rings is 1. The summed E-state index contributed by atoms with van der Waals surface area (Å²) in [5, 5.41) is 8.88. The highest BCUT2D eigenvalue weighted by Crippen LogP contribution is 2.32. The van der Waals surface area contributed by atoms with E-state index in [2.05, 4.69) is 0 Å². The summed E-state index contributed by atoms with van der Waals surface area (Å²) in [4.78, 5) is 0.271. The zero-order valence-corrected chi connectivity index (χ0v) is 14.7. The van der Waals surface area contributed by atoms with Crippen LogP contribution in [0.15, 0.2) is 23.1 Å². The Labute approximate surface area is 138 Å². The fourth-order valence-corrected chi connectivity index (χ4v) is 4.51. The molecule has 1 aromatic rings. The Kier molecular flexibility index (Phi) is 5.63. The molecule has 1 unspecified atom stereocenters. The second kappa shape index (κ2) is 6.55. The van der Waals surface area contributed by atoms with Crippen LogP contribution in [0.2, 0.25) is 0 Å². The van der Waals surface area contributed by atoms with E-state index < -0.39 is 10.0 Å². The molecule has 1 aliphatic heterocycles. The number of sulfonamides is 1. The Bertz CT molecular complexity index is 695. The van der Waals surface area contributed by atoms with Crippen molar-refractivity contribution in [1.82, 2.24) is 4.31 Å². The van der Waals surface area contributed by atoms with Gasteiger partial charge in [0.25, 0.3) is 0 Å². The molecule has 0 radical (unpaired) electrons. The Morgan fingerprint density at radius 2 is 2.05 bits per heavy atom. The van der Waals surface area contributed by atoms with Gasteiger partial charge in [0, 0.05) is 19.1 Å². The van der Waals surface area contributed by atoms with E-state index in [0.29, 0.717) is 30.6 Å². The zero-order chi connectivity index (χ0) is 15.8. The van der Waals surface area contributed by atoms with Crippen LogP contribution in [0, 0.1) is 23.7 Å². The van der Waals surface area contributed by atoms with Gasteiger partial charge in [-0.2, -0.15) is 9.57 Å². The fourth-order valence-electron chi connectivity index (χ4n) is 2.68. The normalized spacial score (nSPS) is 21.7. The smallest absolute Gasteiger partial charge is 0.243 e. The minimum absolute atomic E-state index is 0. The molecular formula is C15H22ClN3O2S. The topological polar surface area (TPSA) is 87.2 Å². The number of benzene rings is 1. The van der Waals surface area contributed by atoms with Crippen LogP contribution in [0.4, 0.5) is 0 Å². The summed E-state index contributed by atoms with van der Waals surface area (Å²) in [6.45, 7) is 6.55. The number of nitrogens with zero attached hydrogens (tertiary/aromatic N) is 2. The second-order valence-electron chi connectivity index (χ2n) is 6.31. The van der Waals surface area contributed by atoms with Crippen LogP contribution in [0.5, 0.6) is 0 Å². The van der Waals surface area contributed by atoms with Gasteiger partial charge in [-0.15, -0.1) is 12.4 Å². The first kappa shape index (κ1) is 18.9. The van der Waals surface area contributed by atoms with Crippen molar-refractivity contribution in [1.29, 1.82) is 5.26 Å². The van der Waals surface area contributed by atoms with Gasteiger partial charge >= 0.3 is 0 Å². The number of nitrogens with two attached hydrogens (primary N) is 1. The van der Waals surface area contributed by atoms with E-state index in [4.69, 9.17) is 11.0 Å². The van der Waals surface area contributed by atoms with Crippen LogP contribution in [0.3, 0.4) is 0 Å². The molecule has 2 rings (SSSR count). The number of nitriles is 1. The molecule has 0 spiro atoms. The number of hydrogen-bond donors (Lipinski definition) is 1. The highest BCUT2D eigenvalue weighted by Gasteiger charge is 2.39. The molecule has 0 aliphatic carbocycles. The SMILES string of the molecule is Cc1cc(C#N)ccc1S(=O)(=O)N1CCC(N)C(C)(C)C1.Cl. The minimum Gasteiger partial charge on any atom is -0.327 e. The molecule has 2 N–H and O–H groups in total. The fraction of sp³-hybridized carbons (Fsp3) is 0.533. The van der Waals surface area contributed by atoms with Crippen LogP contribution in [0.1, 0.15) is 31.4 Å². The van der Waals surface area contributed by atoms with Crippen molar-refractivity contribution in [2.24, 2.45) is 11.1 Å². The van der Waals surface area contributed by atoms with E-state index in [0.717, 1.165) is 0 Å². The molecule has 1 aromatic carbocycles. The molecule has 122 valence electrons. The summed E-state index contributed by atoms with van der Waals surface area (Å²) in [6, 6.07) is 6.69. The van der Waals surface area contributed by atoms with Gasteiger partial charge in [0.05, 0.1) is 16.5 Å². The van der Waals surface area contributed by atoms with Crippen molar-refractivity contribution < 1.29 is 8.42 Å². The minimum atomic E-state index is -3.54. The van der Waals surface area contributed by atoms with E-state index in [9.17, 15) is 8.42 Å². The third kappa shape index (κ3) is 3.44. The maximum Gasteiger partial charge on any atom is 0.243 e. The standard InChI is InChI=1S/C15H21N3O2S.ClH/c1-11-8-12(9-16)4-5-13(11)21(19,20)18-7-6-14(17)15(2,3)10-18;/h4-5,8,14H,6-7,10,17H2,1-3H3;1H. The van der Waals surface area contributed by atoms with E-state index >= 15 is 0 Å². The quantitative estimate of drug-likeness (QED) is 0.890. The number of hydrogen-bond acceptors (Lipinski definition) is 4. The average molecular weight is 344 g/mol. The van der Waals surface area contributed by atoms with Gasteiger partial charge in [0.1, 0.15) is 0 Å². The van der Waals surface area contributed by atoms with Gasteiger partial charge in [0.15, 0.2) is 0 Å². The third-order valence-electron chi connectivity index (χ3n) is 4.20. The first-order chi connectivity index (χ1) is 9.68. The highest BCUT2D eigenvalue weighted by molar-refractivity contribution is 7.89. The van der Waals surface area contributed by atoms with Gasteiger partial charge in [-0.3, -0.25) is 0 Å². The van der Waals surface area contributed by atoms with E-state index in [1.807, 2.05) is 19.9 Å². The largest absolute Gasteiger partial charge is 0.327 e. The molecular weight excluding hydrogens is 322 g/mol. The van der Waals surface area contributed by atoms with Crippen molar-refractivity contribution in [3.8, 4) is 6.07 Å². The average Bonchev–Trinajstić information content (AvgIpc) is 2.41. The predicted octanol–water partition coefficient (Wildman–Crippen LogP) is 2.04. The lowest BCUT2D eigenvalue weighted by Gasteiger charge is -2.41. The lowest BCUT2D eigenvalue weighted by atomic mass is 9.81. The molecule has 1 aliphatic rings. The lowest BCUT2D eigenvalue weighted by molar-refractivity contribution is 0.155. The maximum absolute atomic E-state index is 12.8. The Morgan fingerprint density at radius 3 is 2.55 bits per heavy atom. The van der Waals surface area contributed by atoms with E-state index in [-0.39, 0.29) is 28.8 Å². The van der Waals surface area contributed by atoms with Crippen LogP contribution < -0.4 is 5.73 Å². The molecule has 0 saturated carbocycles. The number of aryl methyl sites for hydroxylation is 1. The Hall–Kier alpha value is -1.13. The van der Waals surface area contributed by atoms with Gasteiger partial charge in [0.2, 0.25) is 10.0 Å². The first-order valence-corrected chi connectivity index (χ1v) is 8.39. The summed E-state index contributed by atoms with van der Waals surface area (Å²) in [7, 11) is -3.54. The number of halogens is 1. The molecule has 22 heavy (non-hydrogen) atoms. The van der Waals surface area contributed by atoms with Gasteiger partial charge in [-0.05, 0) is 42.5 Å². The second-order valence-corrected chi connectivity index (χ2v) is 8.22.